The minimum atomic E-state index is -0.458. The van der Waals surface area contributed by atoms with E-state index in [0.717, 1.165) is 21.2 Å². The molecule has 154 valence electrons. The van der Waals surface area contributed by atoms with Crippen molar-refractivity contribution >= 4 is 45.1 Å². The number of aryl methyl sites for hydroxylation is 3. The van der Waals surface area contributed by atoms with Crippen LogP contribution in [-0.2, 0) is 9.59 Å². The standard InChI is InChI=1S/C20H22BrN3O4S/c1-12-5-7-16(15(21)8-12)27-11-19(26)23-24-20(29)22-18(25)10-28-17-9-13(2)4-6-14(17)3/h4-9H,10-11H2,1-3H3,(H,23,26)(H2,22,24,25,29). The maximum atomic E-state index is 11.9. The van der Waals surface area contributed by atoms with Crippen LogP contribution in [0.2, 0.25) is 0 Å². The summed E-state index contributed by atoms with van der Waals surface area (Å²) in [5.74, 6) is 0.273. The molecule has 0 atom stereocenters. The second-order valence-corrected chi connectivity index (χ2v) is 7.59. The molecular weight excluding hydrogens is 458 g/mol. The fourth-order valence-corrected chi connectivity index (χ4v) is 3.00. The molecule has 9 heteroatoms. The van der Waals surface area contributed by atoms with Crippen LogP contribution in [0.5, 0.6) is 11.5 Å². The van der Waals surface area contributed by atoms with Crippen molar-refractivity contribution in [3.63, 3.8) is 0 Å². The van der Waals surface area contributed by atoms with Gasteiger partial charge in [0, 0.05) is 0 Å². The Hall–Kier alpha value is -2.65. The smallest absolute Gasteiger partial charge is 0.276 e. The molecule has 7 nitrogen and oxygen atoms in total. The molecule has 0 saturated carbocycles. The van der Waals surface area contributed by atoms with Crippen molar-refractivity contribution < 1.29 is 19.1 Å². The lowest BCUT2D eigenvalue weighted by Gasteiger charge is -2.13. The molecule has 2 amide bonds. The predicted molar refractivity (Wildman–Crippen MR) is 118 cm³/mol. The monoisotopic (exact) mass is 479 g/mol. The van der Waals surface area contributed by atoms with E-state index in [2.05, 4.69) is 32.1 Å². The molecule has 0 radical (unpaired) electrons. The third-order valence-corrected chi connectivity index (χ3v) is 4.54. The molecule has 0 aliphatic rings. The highest BCUT2D eigenvalue weighted by molar-refractivity contribution is 9.10. The maximum absolute atomic E-state index is 11.9. The average molecular weight is 480 g/mol. The average Bonchev–Trinajstić information content (AvgIpc) is 2.66. The van der Waals surface area contributed by atoms with Gasteiger partial charge in [-0.05, 0) is 83.8 Å². The lowest BCUT2D eigenvalue weighted by atomic mass is 10.1. The molecule has 3 N–H and O–H groups in total. The molecule has 0 unspecified atom stereocenters. The molecule has 2 aromatic rings. The highest BCUT2D eigenvalue weighted by atomic mass is 79.9. The van der Waals surface area contributed by atoms with Crippen LogP contribution >= 0.6 is 28.1 Å². The van der Waals surface area contributed by atoms with Crippen LogP contribution in [-0.4, -0.2) is 30.1 Å². The largest absolute Gasteiger partial charge is 0.483 e. The molecule has 0 aliphatic heterocycles. The molecule has 29 heavy (non-hydrogen) atoms. The fourth-order valence-electron chi connectivity index (χ4n) is 2.23. The van der Waals surface area contributed by atoms with Gasteiger partial charge in [-0.3, -0.25) is 25.8 Å². The first-order valence-corrected chi connectivity index (χ1v) is 9.92. The number of halogens is 1. The van der Waals surface area contributed by atoms with Crippen LogP contribution in [0.25, 0.3) is 0 Å². The SMILES string of the molecule is Cc1ccc(OCC(=O)NNC(=S)NC(=O)COc2cc(C)ccc2C)c(Br)c1. The Labute approximate surface area is 183 Å². The Morgan fingerprint density at radius 2 is 1.52 bits per heavy atom. The van der Waals surface area contributed by atoms with Crippen LogP contribution in [0, 0.1) is 20.8 Å². The number of benzene rings is 2. The van der Waals surface area contributed by atoms with Gasteiger partial charge >= 0.3 is 0 Å². The molecule has 0 bridgehead atoms. The van der Waals surface area contributed by atoms with Gasteiger partial charge in [0.1, 0.15) is 11.5 Å². The van der Waals surface area contributed by atoms with Crippen molar-refractivity contribution in [2.24, 2.45) is 0 Å². The van der Waals surface area contributed by atoms with E-state index in [0.29, 0.717) is 11.5 Å². The second-order valence-electron chi connectivity index (χ2n) is 6.33. The third-order valence-electron chi connectivity index (χ3n) is 3.72. The second kappa shape index (κ2) is 10.8. The van der Waals surface area contributed by atoms with Crippen LogP contribution in [0.4, 0.5) is 0 Å². The van der Waals surface area contributed by atoms with E-state index in [1.54, 1.807) is 6.07 Å². The van der Waals surface area contributed by atoms with E-state index in [-0.39, 0.29) is 18.3 Å². The van der Waals surface area contributed by atoms with Crippen molar-refractivity contribution in [2.45, 2.75) is 20.8 Å². The fraction of sp³-hybridized carbons (Fsp3) is 0.250. The topological polar surface area (TPSA) is 88.7 Å². The Morgan fingerprint density at radius 1 is 0.897 bits per heavy atom. The number of carbonyl (C=O) groups excluding carboxylic acids is 2. The number of carbonyl (C=O) groups is 2. The van der Waals surface area contributed by atoms with Crippen molar-refractivity contribution in [3.05, 3.63) is 57.6 Å². The number of ether oxygens (including phenoxy) is 2. The van der Waals surface area contributed by atoms with Gasteiger partial charge in [-0.25, -0.2) is 0 Å². The van der Waals surface area contributed by atoms with E-state index in [9.17, 15) is 9.59 Å². The number of hydrazine groups is 1. The zero-order valence-corrected chi connectivity index (χ0v) is 18.7. The summed E-state index contributed by atoms with van der Waals surface area (Å²) in [6.45, 7) is 5.36. The summed E-state index contributed by atoms with van der Waals surface area (Å²) in [7, 11) is 0. The van der Waals surface area contributed by atoms with Gasteiger partial charge in [-0.15, -0.1) is 0 Å². The number of hydrogen-bond donors (Lipinski definition) is 3. The highest BCUT2D eigenvalue weighted by Gasteiger charge is 2.09. The van der Waals surface area contributed by atoms with Crippen molar-refractivity contribution in [1.82, 2.24) is 16.2 Å². The summed E-state index contributed by atoms with van der Waals surface area (Å²) in [6.07, 6.45) is 0. The van der Waals surface area contributed by atoms with Crippen molar-refractivity contribution in [2.75, 3.05) is 13.2 Å². The summed E-state index contributed by atoms with van der Waals surface area (Å²) < 4.78 is 11.7. The van der Waals surface area contributed by atoms with Crippen LogP contribution < -0.4 is 25.6 Å². The lowest BCUT2D eigenvalue weighted by Crippen LogP contribution is -2.50. The normalized spacial score (nSPS) is 10.1. The third kappa shape index (κ3) is 7.71. The quantitative estimate of drug-likeness (QED) is 0.436. The first-order chi connectivity index (χ1) is 13.7. The minimum Gasteiger partial charge on any atom is -0.483 e. The van der Waals surface area contributed by atoms with Gasteiger partial charge in [-0.2, -0.15) is 0 Å². The van der Waals surface area contributed by atoms with Crippen molar-refractivity contribution in [1.29, 1.82) is 0 Å². The molecule has 2 rings (SSSR count). The predicted octanol–water partition coefficient (Wildman–Crippen LogP) is 2.85. The van der Waals surface area contributed by atoms with E-state index in [1.165, 1.54) is 0 Å². The van der Waals surface area contributed by atoms with Crippen LogP contribution in [0.3, 0.4) is 0 Å². The zero-order valence-electron chi connectivity index (χ0n) is 16.3. The van der Waals surface area contributed by atoms with E-state index < -0.39 is 11.8 Å². The number of thiocarbonyl (C=S) groups is 1. The Bertz CT molecular complexity index is 921. The van der Waals surface area contributed by atoms with Crippen LogP contribution in [0.15, 0.2) is 40.9 Å². The molecule has 0 aliphatic carbocycles. The van der Waals surface area contributed by atoms with Gasteiger partial charge < -0.3 is 9.47 Å². The maximum Gasteiger partial charge on any atom is 0.276 e. The number of nitrogens with one attached hydrogen (secondary N) is 3. The van der Waals surface area contributed by atoms with Gasteiger partial charge in [-0.1, -0.05) is 18.2 Å². The molecule has 0 spiro atoms. The summed E-state index contributed by atoms with van der Waals surface area (Å²) in [5, 5.41) is 2.37. The van der Waals surface area contributed by atoms with Crippen LogP contribution in [0.1, 0.15) is 16.7 Å². The van der Waals surface area contributed by atoms with Crippen molar-refractivity contribution in [3.8, 4) is 11.5 Å². The number of amides is 2. The molecule has 2 aromatic carbocycles. The minimum absolute atomic E-state index is 0.0515. The molecule has 0 saturated heterocycles. The zero-order chi connectivity index (χ0) is 21.4. The first-order valence-electron chi connectivity index (χ1n) is 8.72. The van der Waals surface area contributed by atoms with Gasteiger partial charge in [0.2, 0.25) is 0 Å². The summed E-state index contributed by atoms with van der Waals surface area (Å²) in [6, 6.07) is 11.3. The molecule has 0 fully saturated rings. The Kier molecular flexibility index (Phi) is 8.41. The van der Waals surface area contributed by atoms with Gasteiger partial charge in [0.25, 0.3) is 11.8 Å². The summed E-state index contributed by atoms with van der Waals surface area (Å²) >= 11 is 8.35. The lowest BCUT2D eigenvalue weighted by molar-refractivity contribution is -0.124. The number of hydrogen-bond acceptors (Lipinski definition) is 5. The van der Waals surface area contributed by atoms with E-state index in [4.69, 9.17) is 21.7 Å². The van der Waals surface area contributed by atoms with Gasteiger partial charge in [0.05, 0.1) is 4.47 Å². The Morgan fingerprint density at radius 3 is 2.24 bits per heavy atom. The molecular formula is C20H22BrN3O4S. The Balaban J connectivity index is 1.69. The summed E-state index contributed by atoms with van der Waals surface area (Å²) in [4.78, 5) is 23.8. The number of rotatable bonds is 6. The molecule has 0 heterocycles. The van der Waals surface area contributed by atoms with E-state index in [1.807, 2.05) is 51.1 Å². The van der Waals surface area contributed by atoms with E-state index >= 15 is 0 Å². The molecule has 0 aromatic heterocycles. The van der Waals surface area contributed by atoms with Gasteiger partial charge in [0.15, 0.2) is 18.3 Å². The summed E-state index contributed by atoms with van der Waals surface area (Å²) in [5.41, 5.74) is 7.83. The highest BCUT2D eigenvalue weighted by Crippen LogP contribution is 2.25. The first kappa shape index (κ1) is 22.6.